The number of aromatic nitrogens is 2. The van der Waals surface area contributed by atoms with Crippen molar-refractivity contribution in [3.05, 3.63) is 47.3 Å². The second-order valence-corrected chi connectivity index (χ2v) is 7.22. The number of aryl methyl sites for hydroxylation is 2. The van der Waals surface area contributed by atoms with Gasteiger partial charge in [0.25, 0.3) is 5.91 Å². The Hall–Kier alpha value is -2.30. The van der Waals surface area contributed by atoms with E-state index in [9.17, 15) is 4.79 Å². The van der Waals surface area contributed by atoms with Gasteiger partial charge in [-0.15, -0.1) is 0 Å². The molecule has 0 aliphatic carbocycles. The fraction of sp³-hybridized carbons (Fsp3) is 0.524. The van der Waals surface area contributed by atoms with E-state index in [4.69, 9.17) is 4.74 Å². The molecule has 0 aliphatic heterocycles. The molecule has 2 rings (SSSR count). The van der Waals surface area contributed by atoms with Gasteiger partial charge >= 0.3 is 0 Å². The summed E-state index contributed by atoms with van der Waals surface area (Å²) in [7, 11) is 1.78. The molecule has 0 fully saturated rings. The number of unbranched alkanes of at least 4 members (excludes halogenated alkanes) is 2. The number of ether oxygens (including phenoxy) is 1. The van der Waals surface area contributed by atoms with Gasteiger partial charge in [-0.05, 0) is 43.0 Å². The third-order valence-electron chi connectivity index (χ3n) is 4.28. The number of hydrogen-bond donors (Lipinski definition) is 1. The molecule has 0 saturated carbocycles. The van der Waals surface area contributed by atoms with Crippen molar-refractivity contribution < 1.29 is 9.53 Å². The molecule has 0 unspecified atom stereocenters. The normalized spacial score (nSPS) is 11.0. The number of carbonyl (C=O) groups is 1. The first-order valence-electron chi connectivity index (χ1n) is 9.46. The van der Waals surface area contributed by atoms with E-state index < -0.39 is 0 Å². The lowest BCUT2D eigenvalue weighted by atomic mass is 10.1. The van der Waals surface area contributed by atoms with Crippen molar-refractivity contribution in [1.29, 1.82) is 0 Å². The predicted molar refractivity (Wildman–Crippen MR) is 104 cm³/mol. The van der Waals surface area contributed by atoms with Crippen molar-refractivity contribution in [3.8, 4) is 5.75 Å². The van der Waals surface area contributed by atoms with Gasteiger partial charge in [0.1, 0.15) is 11.4 Å². The van der Waals surface area contributed by atoms with Gasteiger partial charge in [-0.1, -0.05) is 45.2 Å². The molecule has 2 aromatic rings. The van der Waals surface area contributed by atoms with Crippen LogP contribution >= 0.6 is 0 Å². The largest absolute Gasteiger partial charge is 0.494 e. The van der Waals surface area contributed by atoms with E-state index in [0.717, 1.165) is 36.0 Å². The van der Waals surface area contributed by atoms with E-state index in [1.54, 1.807) is 17.8 Å². The van der Waals surface area contributed by atoms with Crippen LogP contribution in [0.5, 0.6) is 5.75 Å². The maximum Gasteiger partial charge on any atom is 0.269 e. The molecule has 1 aromatic heterocycles. The summed E-state index contributed by atoms with van der Waals surface area (Å²) in [6.07, 6.45) is 4.83. The molecule has 0 aliphatic rings. The summed E-state index contributed by atoms with van der Waals surface area (Å²) in [5.74, 6) is 1.51. The molecule has 0 radical (unpaired) electrons. The van der Waals surface area contributed by atoms with Gasteiger partial charge in [-0.2, -0.15) is 5.10 Å². The summed E-state index contributed by atoms with van der Waals surface area (Å²) < 4.78 is 7.44. The first-order chi connectivity index (χ1) is 12.5. The first kappa shape index (κ1) is 20.0. The standard InChI is InChI=1S/C21H31N3O2/c1-16(2)9-6-5-7-12-26-19-11-8-10-18(14-19)15-22-21(25)20-13-17(3)23-24(20)4/h8,10-11,13-14,16H,5-7,9,12,15H2,1-4H3,(H,22,25). The van der Waals surface area contributed by atoms with Crippen LogP contribution < -0.4 is 10.1 Å². The highest BCUT2D eigenvalue weighted by Gasteiger charge is 2.11. The molecule has 0 bridgehead atoms. The van der Waals surface area contributed by atoms with Gasteiger partial charge in [0.2, 0.25) is 0 Å². The molecule has 1 aromatic carbocycles. The van der Waals surface area contributed by atoms with Gasteiger partial charge in [0.15, 0.2) is 0 Å². The van der Waals surface area contributed by atoms with E-state index >= 15 is 0 Å². The smallest absolute Gasteiger partial charge is 0.269 e. The summed E-state index contributed by atoms with van der Waals surface area (Å²) in [6, 6.07) is 9.69. The fourth-order valence-corrected chi connectivity index (χ4v) is 2.86. The highest BCUT2D eigenvalue weighted by molar-refractivity contribution is 5.92. The second kappa shape index (κ2) is 10.00. The summed E-state index contributed by atoms with van der Waals surface area (Å²) in [4.78, 5) is 12.3. The van der Waals surface area contributed by atoms with Crippen LogP contribution in [0.4, 0.5) is 0 Å². The topological polar surface area (TPSA) is 56.1 Å². The highest BCUT2D eigenvalue weighted by atomic mass is 16.5. The maximum absolute atomic E-state index is 12.3. The zero-order valence-electron chi connectivity index (χ0n) is 16.4. The predicted octanol–water partition coefficient (Wildman–Crippen LogP) is 4.25. The van der Waals surface area contributed by atoms with E-state index in [2.05, 4.69) is 24.3 Å². The van der Waals surface area contributed by atoms with Gasteiger partial charge in [0, 0.05) is 13.6 Å². The number of amides is 1. The average Bonchev–Trinajstić information content (AvgIpc) is 2.94. The Bertz CT molecular complexity index is 707. The minimum atomic E-state index is -0.121. The zero-order valence-corrected chi connectivity index (χ0v) is 16.4. The number of nitrogens with zero attached hydrogens (tertiary/aromatic N) is 2. The van der Waals surface area contributed by atoms with Crippen LogP contribution in [0.15, 0.2) is 30.3 Å². The molecule has 5 heteroatoms. The Morgan fingerprint density at radius 2 is 2.04 bits per heavy atom. The number of hydrogen-bond acceptors (Lipinski definition) is 3. The lowest BCUT2D eigenvalue weighted by molar-refractivity contribution is 0.0941. The third-order valence-corrected chi connectivity index (χ3v) is 4.28. The van der Waals surface area contributed by atoms with Crippen LogP contribution in [0.2, 0.25) is 0 Å². The Balaban J connectivity index is 1.76. The first-order valence-corrected chi connectivity index (χ1v) is 9.46. The van der Waals surface area contributed by atoms with E-state index in [0.29, 0.717) is 12.2 Å². The lowest BCUT2D eigenvalue weighted by Gasteiger charge is -2.09. The van der Waals surface area contributed by atoms with Crippen molar-refractivity contribution in [1.82, 2.24) is 15.1 Å². The van der Waals surface area contributed by atoms with Crippen molar-refractivity contribution in [3.63, 3.8) is 0 Å². The lowest BCUT2D eigenvalue weighted by Crippen LogP contribution is -2.25. The van der Waals surface area contributed by atoms with Gasteiger partial charge in [0.05, 0.1) is 12.3 Å². The minimum absolute atomic E-state index is 0.121. The third kappa shape index (κ3) is 6.54. The van der Waals surface area contributed by atoms with Crippen molar-refractivity contribution in [2.24, 2.45) is 13.0 Å². The summed E-state index contributed by atoms with van der Waals surface area (Å²) >= 11 is 0. The molecule has 0 saturated heterocycles. The molecule has 1 amide bonds. The molecule has 5 nitrogen and oxygen atoms in total. The van der Waals surface area contributed by atoms with Crippen LogP contribution in [0.1, 0.15) is 61.3 Å². The van der Waals surface area contributed by atoms with Gasteiger partial charge < -0.3 is 10.1 Å². The van der Waals surface area contributed by atoms with Crippen LogP contribution in [-0.2, 0) is 13.6 Å². The molecule has 1 N–H and O–H groups in total. The molecule has 0 atom stereocenters. The second-order valence-electron chi connectivity index (χ2n) is 7.22. The molecular formula is C21H31N3O2. The van der Waals surface area contributed by atoms with Crippen LogP contribution in [-0.4, -0.2) is 22.3 Å². The summed E-state index contributed by atoms with van der Waals surface area (Å²) in [6.45, 7) is 7.60. The molecule has 142 valence electrons. The SMILES string of the molecule is Cc1cc(C(=O)NCc2cccc(OCCCCCC(C)C)c2)n(C)n1. The highest BCUT2D eigenvalue weighted by Crippen LogP contribution is 2.15. The fourth-order valence-electron chi connectivity index (χ4n) is 2.86. The van der Waals surface area contributed by atoms with E-state index in [1.807, 2.05) is 31.2 Å². The van der Waals surface area contributed by atoms with Crippen molar-refractivity contribution >= 4 is 5.91 Å². The van der Waals surface area contributed by atoms with Gasteiger partial charge in [-0.3, -0.25) is 9.48 Å². The Morgan fingerprint density at radius 3 is 2.73 bits per heavy atom. The number of nitrogens with one attached hydrogen (secondary N) is 1. The van der Waals surface area contributed by atoms with Crippen LogP contribution in [0, 0.1) is 12.8 Å². The van der Waals surface area contributed by atoms with E-state index in [-0.39, 0.29) is 5.91 Å². The number of benzene rings is 1. The average molecular weight is 357 g/mol. The van der Waals surface area contributed by atoms with Gasteiger partial charge in [-0.25, -0.2) is 0 Å². The molecule has 1 heterocycles. The number of carbonyl (C=O) groups excluding carboxylic acids is 1. The monoisotopic (exact) mass is 357 g/mol. The maximum atomic E-state index is 12.3. The van der Waals surface area contributed by atoms with Crippen LogP contribution in [0.25, 0.3) is 0 Å². The molecule has 0 spiro atoms. The Morgan fingerprint density at radius 1 is 1.23 bits per heavy atom. The summed E-state index contributed by atoms with van der Waals surface area (Å²) in [5, 5.41) is 7.14. The van der Waals surface area contributed by atoms with Crippen LogP contribution in [0.3, 0.4) is 0 Å². The minimum Gasteiger partial charge on any atom is -0.494 e. The molecule has 26 heavy (non-hydrogen) atoms. The summed E-state index contributed by atoms with van der Waals surface area (Å²) in [5.41, 5.74) is 2.42. The Kier molecular flexibility index (Phi) is 7.70. The zero-order chi connectivity index (χ0) is 18.9. The molecular weight excluding hydrogens is 326 g/mol. The van der Waals surface area contributed by atoms with E-state index in [1.165, 1.54) is 19.3 Å². The Labute approximate surface area is 156 Å². The number of rotatable bonds is 10. The quantitative estimate of drug-likeness (QED) is 0.647. The van der Waals surface area contributed by atoms with Crippen molar-refractivity contribution in [2.75, 3.05) is 6.61 Å². The van der Waals surface area contributed by atoms with Crippen molar-refractivity contribution in [2.45, 2.75) is 53.0 Å².